The van der Waals surface area contributed by atoms with Crippen molar-refractivity contribution in [3.63, 3.8) is 0 Å². The van der Waals surface area contributed by atoms with Crippen LogP contribution >= 0.6 is 0 Å². The van der Waals surface area contributed by atoms with Gasteiger partial charge in [0.15, 0.2) is 12.6 Å². The number of rotatable bonds is 7. The summed E-state index contributed by atoms with van der Waals surface area (Å²) in [4.78, 5) is 16.0. The number of aliphatic hydroxyl groups excluding tert-OH is 3. The van der Waals surface area contributed by atoms with Crippen molar-refractivity contribution >= 4 is 11.7 Å². The number of aliphatic hydroxyl groups is 5. The van der Waals surface area contributed by atoms with E-state index in [1.54, 1.807) is 55.4 Å². The van der Waals surface area contributed by atoms with Crippen molar-refractivity contribution in [3.8, 4) is 0 Å². The highest BCUT2D eigenvalue weighted by Gasteiger charge is 2.53. The molecule has 0 amide bonds. The maximum atomic E-state index is 14.1. The number of ether oxygens (including phenoxy) is 6. The number of hydrogen-bond donors (Lipinski definition) is 6. The minimum Gasteiger partial charge on any atom is -0.459 e. The Morgan fingerprint density at radius 2 is 1.54 bits per heavy atom. The van der Waals surface area contributed by atoms with Crippen molar-refractivity contribution in [2.75, 3.05) is 21.2 Å². The average molecular weight is 749 g/mol. The van der Waals surface area contributed by atoms with E-state index >= 15 is 0 Å². The van der Waals surface area contributed by atoms with E-state index in [1.807, 2.05) is 25.9 Å². The molecule has 6 N–H and O–H groups in total. The summed E-state index contributed by atoms with van der Waals surface area (Å²) in [5, 5.41) is 71.8. The highest BCUT2D eigenvalue weighted by Crippen LogP contribution is 2.41. The number of nitrogens with zero attached hydrogens (tertiary/aromatic N) is 2. The first-order valence-corrected chi connectivity index (χ1v) is 18.7. The van der Waals surface area contributed by atoms with Crippen molar-refractivity contribution in [2.24, 2.45) is 28.8 Å². The van der Waals surface area contributed by atoms with E-state index in [9.17, 15) is 35.5 Å². The van der Waals surface area contributed by atoms with Crippen LogP contribution in [0, 0.1) is 23.7 Å². The summed E-state index contributed by atoms with van der Waals surface area (Å²) in [5.41, 5.74) is -4.68. The number of cyclic esters (lactones) is 1. The summed E-state index contributed by atoms with van der Waals surface area (Å²) in [5.74, 6) is -4.24. The molecule has 3 aliphatic heterocycles. The highest BCUT2D eigenvalue weighted by atomic mass is 16.7. The maximum absolute atomic E-state index is 14.1. The number of methoxy groups -OCH3 is 1. The lowest BCUT2D eigenvalue weighted by Crippen LogP contribution is -2.61. The Labute approximate surface area is 309 Å². The monoisotopic (exact) mass is 748 g/mol. The van der Waals surface area contributed by atoms with Gasteiger partial charge < -0.3 is 64.1 Å². The summed E-state index contributed by atoms with van der Waals surface area (Å²) >= 11 is 0. The Bertz CT molecular complexity index is 1200. The van der Waals surface area contributed by atoms with E-state index in [0.29, 0.717) is 6.42 Å². The van der Waals surface area contributed by atoms with E-state index in [-0.39, 0.29) is 37.1 Å². The molecule has 0 aromatic carbocycles. The molecule has 15 nitrogen and oxygen atoms in total. The first-order chi connectivity index (χ1) is 24.0. The number of carbonyl (C=O) groups is 1. The third-order valence-corrected chi connectivity index (χ3v) is 12.0. The van der Waals surface area contributed by atoms with Crippen molar-refractivity contribution in [3.05, 3.63) is 0 Å². The molecule has 0 aromatic heterocycles. The molecule has 0 spiro atoms. The van der Waals surface area contributed by atoms with E-state index < -0.39 is 102 Å². The Balaban J connectivity index is 2.21. The number of oxime groups is 1. The molecule has 3 aliphatic rings. The summed E-state index contributed by atoms with van der Waals surface area (Å²) < 4.78 is 37.2. The Morgan fingerprint density at radius 1 is 0.923 bits per heavy atom. The number of likely N-dealkylation sites (N-methyl/N-ethyl adjacent to an activating group) is 1. The van der Waals surface area contributed by atoms with E-state index in [2.05, 4.69) is 5.16 Å². The summed E-state index contributed by atoms with van der Waals surface area (Å²) in [6.07, 6.45) is -9.51. The van der Waals surface area contributed by atoms with Gasteiger partial charge in [0.2, 0.25) is 0 Å². The fourth-order valence-corrected chi connectivity index (χ4v) is 8.61. The number of carbonyl (C=O) groups excluding carboxylic acids is 1. The molecule has 52 heavy (non-hydrogen) atoms. The molecule has 3 rings (SSSR count). The van der Waals surface area contributed by atoms with Gasteiger partial charge in [-0.25, -0.2) is 0 Å². The second kappa shape index (κ2) is 17.5. The summed E-state index contributed by atoms with van der Waals surface area (Å²) in [6.45, 7) is 16.6. The third-order valence-electron chi connectivity index (χ3n) is 12.0. The van der Waals surface area contributed by atoms with Gasteiger partial charge in [-0.05, 0) is 74.9 Å². The molecular weight excluding hydrogens is 680 g/mol. The Morgan fingerprint density at radius 3 is 2.08 bits per heavy atom. The van der Waals surface area contributed by atoms with Gasteiger partial charge in [-0.1, -0.05) is 32.9 Å². The van der Waals surface area contributed by atoms with Crippen LogP contribution in [-0.4, -0.2) is 153 Å². The van der Waals surface area contributed by atoms with Crippen LogP contribution in [0.3, 0.4) is 0 Å². The zero-order valence-electron chi connectivity index (χ0n) is 33.4. The smallest absolute Gasteiger partial charge is 0.311 e. The lowest BCUT2D eigenvalue weighted by Gasteiger charge is -2.49. The molecule has 15 heteroatoms. The molecule has 3 heterocycles. The van der Waals surface area contributed by atoms with Crippen molar-refractivity contribution in [1.82, 2.24) is 4.90 Å². The molecule has 0 saturated carbocycles. The van der Waals surface area contributed by atoms with Crippen molar-refractivity contribution in [2.45, 2.75) is 179 Å². The standard InChI is InChI=1S/C37H68N2O13/c1-14-25-37(10,45)30(41)20(4)27(38-46)18(2)16-35(8,44)32(52-34-28(40)24(39(11)12)15-19(3)48-34)21(5)29(22(6)33(43)50-25)51-26-17-36(9,47-13)31(42)23(7)49-26/h18-26,28-32,34,40-42,44-46H,14-17H2,1-13H3/b38-27+/t18-,19?,20+,21+,22-,23?,24?,25-,26+,28?,29+,30-,31+,32-,34+,35-,36?,37-/m1/s1. The van der Waals surface area contributed by atoms with Crippen LogP contribution in [-0.2, 0) is 33.2 Å². The van der Waals surface area contributed by atoms with Crippen LogP contribution in [0.25, 0.3) is 0 Å². The van der Waals surface area contributed by atoms with Crippen molar-refractivity contribution < 1.29 is 64.0 Å². The van der Waals surface area contributed by atoms with Crippen LogP contribution in [0.15, 0.2) is 5.16 Å². The van der Waals surface area contributed by atoms with Gasteiger partial charge in [0, 0.05) is 37.3 Å². The first kappa shape index (κ1) is 44.9. The van der Waals surface area contributed by atoms with Gasteiger partial charge >= 0.3 is 5.97 Å². The zero-order chi connectivity index (χ0) is 39.7. The van der Waals surface area contributed by atoms with Gasteiger partial charge in [-0.15, -0.1) is 0 Å². The minimum atomic E-state index is -1.97. The minimum absolute atomic E-state index is 0.0657. The SMILES string of the molecule is CC[C@H]1OC(=O)[C@H](C)[C@@H](O[C@H]2CC(C)(OC)[C@@H](O)C(C)O2)[C@H](C)[C@@H](O[C@@H]2OC(C)CC(N(C)C)C2O)[C@](C)(O)C[C@@H](C)/C(=N\O)[C@H](C)[C@@H](O)[C@]1(C)O. The normalized spacial score (nSPS) is 49.8. The quantitative estimate of drug-likeness (QED) is 0.125. The van der Waals surface area contributed by atoms with Crippen molar-refractivity contribution in [1.29, 1.82) is 0 Å². The van der Waals surface area contributed by atoms with E-state index in [1.165, 1.54) is 14.0 Å². The lowest BCUT2D eigenvalue weighted by molar-refractivity contribution is -0.317. The summed E-state index contributed by atoms with van der Waals surface area (Å²) in [7, 11) is 5.19. The molecule has 3 fully saturated rings. The number of esters is 1. The Kier molecular flexibility index (Phi) is 15.1. The fraction of sp³-hybridized carbons (Fsp3) is 0.946. The molecular formula is C37H68N2O13. The zero-order valence-corrected chi connectivity index (χ0v) is 33.4. The van der Waals surface area contributed by atoms with E-state index in [0.717, 1.165) is 0 Å². The molecule has 18 atom stereocenters. The van der Waals surface area contributed by atoms with Crippen LogP contribution < -0.4 is 0 Å². The third kappa shape index (κ3) is 9.47. The second-order valence-corrected chi connectivity index (χ2v) is 16.6. The molecule has 0 aliphatic carbocycles. The molecule has 3 saturated heterocycles. The Hall–Kier alpha value is -1.50. The van der Waals surface area contributed by atoms with E-state index in [4.69, 9.17) is 28.4 Å². The predicted octanol–water partition coefficient (Wildman–Crippen LogP) is 2.05. The maximum Gasteiger partial charge on any atom is 0.311 e. The van der Waals surface area contributed by atoms with Crippen LogP contribution in [0.2, 0.25) is 0 Å². The molecule has 0 radical (unpaired) electrons. The number of hydrogen-bond acceptors (Lipinski definition) is 15. The van der Waals surface area contributed by atoms with Gasteiger partial charge in [0.25, 0.3) is 0 Å². The predicted molar refractivity (Wildman–Crippen MR) is 190 cm³/mol. The second-order valence-electron chi connectivity index (χ2n) is 16.6. The van der Waals surface area contributed by atoms with Gasteiger partial charge in [-0.3, -0.25) is 4.79 Å². The van der Waals surface area contributed by atoms with Crippen LogP contribution in [0.4, 0.5) is 0 Å². The molecule has 5 unspecified atom stereocenters. The molecule has 0 aromatic rings. The topological polar surface area (TPSA) is 209 Å². The molecule has 0 bridgehead atoms. The lowest BCUT2D eigenvalue weighted by atomic mass is 9.73. The van der Waals surface area contributed by atoms with Crippen LogP contribution in [0.5, 0.6) is 0 Å². The van der Waals surface area contributed by atoms with Gasteiger partial charge in [-0.2, -0.15) is 0 Å². The van der Waals surface area contributed by atoms with Gasteiger partial charge in [0.05, 0.1) is 53.4 Å². The average Bonchev–Trinajstić information content (AvgIpc) is 3.06. The summed E-state index contributed by atoms with van der Waals surface area (Å²) in [6, 6.07) is -0.322. The first-order valence-electron chi connectivity index (χ1n) is 18.7. The highest BCUT2D eigenvalue weighted by molar-refractivity contribution is 5.88. The largest absolute Gasteiger partial charge is 0.459 e. The van der Waals surface area contributed by atoms with Gasteiger partial charge in [0.1, 0.15) is 23.9 Å². The van der Waals surface area contributed by atoms with Crippen LogP contribution in [0.1, 0.15) is 94.9 Å². The molecule has 304 valence electrons. The fourth-order valence-electron chi connectivity index (χ4n) is 8.61.